The van der Waals surface area contributed by atoms with Gasteiger partial charge in [0, 0.05) is 12.1 Å². The maximum absolute atomic E-state index is 13.2. The van der Waals surface area contributed by atoms with E-state index in [4.69, 9.17) is 4.74 Å². The normalized spacial score (nSPS) is 20.0. The van der Waals surface area contributed by atoms with Gasteiger partial charge >= 0.3 is 5.97 Å². The first-order valence-electron chi connectivity index (χ1n) is 12.0. The van der Waals surface area contributed by atoms with E-state index in [1.54, 1.807) is 18.2 Å². The summed E-state index contributed by atoms with van der Waals surface area (Å²) in [4.78, 5) is 42.3. The number of carbonyl (C=O) groups excluding carboxylic acids is 3. The number of amides is 2. The van der Waals surface area contributed by atoms with Gasteiger partial charge in [-0.1, -0.05) is 19.3 Å². The Morgan fingerprint density at radius 2 is 1.75 bits per heavy atom. The smallest absolute Gasteiger partial charge is 0.338 e. The molecule has 7 nitrogen and oxygen atoms in total. The Balaban J connectivity index is 1.59. The third-order valence-corrected chi connectivity index (χ3v) is 6.61. The quantitative estimate of drug-likeness (QED) is 0.703. The molecule has 0 radical (unpaired) electrons. The molecule has 1 aliphatic heterocycles. The zero-order chi connectivity index (χ0) is 22.9. The highest BCUT2D eigenvalue weighted by Crippen LogP contribution is 2.40. The lowest BCUT2D eigenvalue weighted by Gasteiger charge is -2.43. The molecule has 2 amide bonds. The second kappa shape index (κ2) is 9.22. The highest BCUT2D eigenvalue weighted by molar-refractivity contribution is 6.12. The van der Waals surface area contributed by atoms with E-state index in [0.717, 1.165) is 32.1 Å². The molecule has 3 aliphatic rings. The Labute approximate surface area is 190 Å². The van der Waals surface area contributed by atoms with Gasteiger partial charge in [0.15, 0.2) is 0 Å². The predicted octanol–water partition coefficient (Wildman–Crippen LogP) is 3.80. The molecule has 0 saturated heterocycles. The molecule has 0 aromatic heterocycles. The molecule has 0 spiro atoms. The van der Waals surface area contributed by atoms with Crippen molar-refractivity contribution in [2.45, 2.75) is 89.8 Å². The van der Waals surface area contributed by atoms with Gasteiger partial charge in [0.05, 0.1) is 23.5 Å². The van der Waals surface area contributed by atoms with Crippen LogP contribution in [0.15, 0.2) is 18.2 Å². The van der Waals surface area contributed by atoms with Crippen molar-refractivity contribution in [1.82, 2.24) is 5.32 Å². The van der Waals surface area contributed by atoms with Gasteiger partial charge in [0.2, 0.25) is 11.8 Å². The van der Waals surface area contributed by atoms with Gasteiger partial charge in [-0.05, 0) is 71.1 Å². The standard InChI is InChI=1S/C25H35N3O4/c1-25(2,3)32-24(31)17-12-13-20-21(14-17)27(16-23(30)28(20)19-10-7-11-19)22(29)15-26-18-8-5-4-6-9-18/h12-14,18-19,26H,4-11,15-16H2,1-3H3. The van der Waals surface area contributed by atoms with Crippen molar-refractivity contribution in [3.8, 4) is 0 Å². The molecule has 1 N–H and O–H groups in total. The third kappa shape index (κ3) is 4.98. The Bertz CT molecular complexity index is 882. The number of benzene rings is 1. The monoisotopic (exact) mass is 441 g/mol. The molecule has 0 atom stereocenters. The highest BCUT2D eigenvalue weighted by Gasteiger charge is 2.39. The fourth-order valence-corrected chi connectivity index (χ4v) is 4.74. The number of rotatable bonds is 5. The molecule has 1 aromatic rings. The summed E-state index contributed by atoms with van der Waals surface area (Å²) in [6, 6.07) is 5.72. The number of carbonyl (C=O) groups is 3. The number of hydrogen-bond donors (Lipinski definition) is 1. The summed E-state index contributed by atoms with van der Waals surface area (Å²) < 4.78 is 5.53. The Kier molecular flexibility index (Phi) is 6.56. The average Bonchev–Trinajstić information content (AvgIpc) is 2.71. The zero-order valence-electron chi connectivity index (χ0n) is 19.5. The van der Waals surface area contributed by atoms with Crippen LogP contribution in [0.25, 0.3) is 0 Å². The Hall–Kier alpha value is -2.41. The van der Waals surface area contributed by atoms with Crippen molar-refractivity contribution in [2.24, 2.45) is 0 Å². The molecule has 1 heterocycles. The van der Waals surface area contributed by atoms with Crippen LogP contribution < -0.4 is 15.1 Å². The zero-order valence-corrected chi connectivity index (χ0v) is 19.5. The lowest BCUT2D eigenvalue weighted by atomic mass is 9.90. The van der Waals surface area contributed by atoms with Crippen molar-refractivity contribution in [3.05, 3.63) is 23.8 Å². The van der Waals surface area contributed by atoms with E-state index in [2.05, 4.69) is 5.32 Å². The van der Waals surface area contributed by atoms with Gasteiger partial charge in [0.25, 0.3) is 0 Å². The van der Waals surface area contributed by atoms with Crippen molar-refractivity contribution < 1.29 is 19.1 Å². The fraction of sp³-hybridized carbons (Fsp3) is 0.640. The first-order chi connectivity index (χ1) is 15.2. The summed E-state index contributed by atoms with van der Waals surface area (Å²) in [5.74, 6) is -0.627. The van der Waals surface area contributed by atoms with Gasteiger partial charge in [-0.15, -0.1) is 0 Å². The minimum Gasteiger partial charge on any atom is -0.456 e. The number of nitrogens with one attached hydrogen (secondary N) is 1. The molecule has 0 unspecified atom stereocenters. The summed E-state index contributed by atoms with van der Waals surface area (Å²) in [5, 5.41) is 3.38. The number of ether oxygens (including phenoxy) is 1. The SMILES string of the molecule is CC(C)(C)OC(=O)c1ccc2c(c1)N(C(=O)CNC1CCCCC1)CC(=O)N2C1CCC1. The van der Waals surface area contributed by atoms with Crippen LogP contribution in [-0.4, -0.2) is 48.6 Å². The topological polar surface area (TPSA) is 79.0 Å². The molecule has 2 saturated carbocycles. The van der Waals surface area contributed by atoms with Gasteiger partial charge in [-0.25, -0.2) is 4.79 Å². The van der Waals surface area contributed by atoms with Crippen molar-refractivity contribution >= 4 is 29.2 Å². The van der Waals surface area contributed by atoms with E-state index in [1.165, 1.54) is 24.2 Å². The van der Waals surface area contributed by atoms with Gasteiger partial charge in [0.1, 0.15) is 12.1 Å². The van der Waals surface area contributed by atoms with E-state index in [0.29, 0.717) is 23.0 Å². The minimum atomic E-state index is -0.611. The van der Waals surface area contributed by atoms with Crippen LogP contribution >= 0.6 is 0 Å². The van der Waals surface area contributed by atoms with Crippen LogP contribution in [0.4, 0.5) is 11.4 Å². The van der Waals surface area contributed by atoms with Crippen LogP contribution in [0.3, 0.4) is 0 Å². The molecule has 2 aliphatic carbocycles. The molecule has 7 heteroatoms. The molecule has 32 heavy (non-hydrogen) atoms. The second-order valence-corrected chi connectivity index (χ2v) is 10.2. The van der Waals surface area contributed by atoms with Gasteiger partial charge in [-0.2, -0.15) is 0 Å². The van der Waals surface area contributed by atoms with Gasteiger partial charge < -0.3 is 15.0 Å². The van der Waals surface area contributed by atoms with Crippen molar-refractivity contribution in [1.29, 1.82) is 0 Å². The minimum absolute atomic E-state index is 0.00640. The molecule has 4 rings (SSSR count). The van der Waals surface area contributed by atoms with Crippen LogP contribution in [-0.2, 0) is 14.3 Å². The van der Waals surface area contributed by atoms with Crippen LogP contribution in [0.5, 0.6) is 0 Å². The first kappa shape index (κ1) is 22.8. The number of esters is 1. The Morgan fingerprint density at radius 3 is 2.38 bits per heavy atom. The number of nitrogens with zero attached hydrogens (tertiary/aromatic N) is 2. The summed E-state index contributed by atoms with van der Waals surface area (Å²) in [6.45, 7) is 5.68. The molecule has 174 valence electrons. The van der Waals surface area contributed by atoms with E-state index in [9.17, 15) is 14.4 Å². The van der Waals surface area contributed by atoms with E-state index < -0.39 is 11.6 Å². The second-order valence-electron chi connectivity index (χ2n) is 10.2. The van der Waals surface area contributed by atoms with E-state index in [-0.39, 0.29) is 30.9 Å². The van der Waals surface area contributed by atoms with Gasteiger partial charge in [-0.3, -0.25) is 14.5 Å². The number of fused-ring (bicyclic) bond motifs is 1. The lowest BCUT2D eigenvalue weighted by molar-refractivity contribution is -0.123. The van der Waals surface area contributed by atoms with E-state index in [1.807, 2.05) is 25.7 Å². The lowest BCUT2D eigenvalue weighted by Crippen LogP contribution is -2.55. The largest absolute Gasteiger partial charge is 0.456 e. The third-order valence-electron chi connectivity index (χ3n) is 6.61. The summed E-state index contributed by atoms with van der Waals surface area (Å²) in [5.41, 5.74) is 1.11. The fourth-order valence-electron chi connectivity index (χ4n) is 4.74. The maximum Gasteiger partial charge on any atom is 0.338 e. The summed E-state index contributed by atoms with van der Waals surface area (Å²) >= 11 is 0. The summed E-state index contributed by atoms with van der Waals surface area (Å²) in [7, 11) is 0. The first-order valence-corrected chi connectivity index (χ1v) is 12.0. The Morgan fingerprint density at radius 1 is 1.03 bits per heavy atom. The van der Waals surface area contributed by atoms with Crippen molar-refractivity contribution in [2.75, 3.05) is 22.9 Å². The number of hydrogen-bond acceptors (Lipinski definition) is 5. The maximum atomic E-state index is 13.2. The van der Waals surface area contributed by atoms with Crippen molar-refractivity contribution in [3.63, 3.8) is 0 Å². The van der Waals surface area contributed by atoms with Crippen LogP contribution in [0.2, 0.25) is 0 Å². The molecule has 0 bridgehead atoms. The molecule has 2 fully saturated rings. The van der Waals surface area contributed by atoms with Crippen LogP contribution in [0.1, 0.15) is 82.5 Å². The van der Waals surface area contributed by atoms with Crippen LogP contribution in [0, 0.1) is 0 Å². The highest BCUT2D eigenvalue weighted by atomic mass is 16.6. The molecule has 1 aromatic carbocycles. The molecular formula is C25H35N3O4. The number of anilines is 2. The predicted molar refractivity (Wildman–Crippen MR) is 124 cm³/mol. The molecular weight excluding hydrogens is 406 g/mol. The average molecular weight is 442 g/mol. The summed E-state index contributed by atoms with van der Waals surface area (Å²) in [6.07, 6.45) is 8.84. The van der Waals surface area contributed by atoms with E-state index >= 15 is 0 Å².